The molecule has 0 aliphatic rings. The standard InChI is InChI=1S/C15H18N2O2/c1-3-10-17-11-9-16-15(17)14(18)12-5-7-13(8-6-12)19-4-2/h5-9,11H,3-4,10H2,1-2H3. The maximum atomic E-state index is 12.3. The van der Waals surface area contributed by atoms with Crippen LogP contribution in [0, 0.1) is 0 Å². The van der Waals surface area contributed by atoms with Gasteiger partial charge in [0.05, 0.1) is 6.61 Å². The molecule has 1 heterocycles. The molecule has 0 atom stereocenters. The Morgan fingerprint density at radius 1 is 1.26 bits per heavy atom. The quantitative estimate of drug-likeness (QED) is 0.748. The molecule has 0 unspecified atom stereocenters. The molecule has 19 heavy (non-hydrogen) atoms. The SMILES string of the molecule is CCCn1ccnc1C(=O)c1ccc(OCC)cc1. The number of ether oxygens (including phenoxy) is 1. The van der Waals surface area contributed by atoms with Crippen LogP contribution in [-0.2, 0) is 6.54 Å². The lowest BCUT2D eigenvalue weighted by atomic mass is 10.1. The van der Waals surface area contributed by atoms with Gasteiger partial charge in [0.15, 0.2) is 5.82 Å². The summed E-state index contributed by atoms with van der Waals surface area (Å²) in [6.45, 7) is 5.43. The van der Waals surface area contributed by atoms with E-state index < -0.39 is 0 Å². The van der Waals surface area contributed by atoms with Gasteiger partial charge in [-0.1, -0.05) is 6.92 Å². The summed E-state index contributed by atoms with van der Waals surface area (Å²) in [5.74, 6) is 1.21. The molecule has 4 heteroatoms. The van der Waals surface area contributed by atoms with E-state index in [-0.39, 0.29) is 5.78 Å². The van der Waals surface area contributed by atoms with Crippen molar-refractivity contribution < 1.29 is 9.53 Å². The number of hydrogen-bond donors (Lipinski definition) is 0. The monoisotopic (exact) mass is 258 g/mol. The molecular formula is C15H18N2O2. The third kappa shape index (κ3) is 3.02. The van der Waals surface area contributed by atoms with Crippen molar-refractivity contribution in [2.24, 2.45) is 0 Å². The minimum Gasteiger partial charge on any atom is -0.494 e. The maximum absolute atomic E-state index is 12.3. The minimum atomic E-state index is -0.0542. The highest BCUT2D eigenvalue weighted by Gasteiger charge is 2.14. The zero-order valence-corrected chi connectivity index (χ0v) is 11.3. The second-order valence-electron chi connectivity index (χ2n) is 4.23. The molecule has 0 spiro atoms. The van der Waals surface area contributed by atoms with Gasteiger partial charge in [-0.15, -0.1) is 0 Å². The Hall–Kier alpha value is -2.10. The molecule has 4 nitrogen and oxygen atoms in total. The average Bonchev–Trinajstić information content (AvgIpc) is 2.88. The first kappa shape index (κ1) is 13.3. The Balaban J connectivity index is 2.21. The Morgan fingerprint density at radius 3 is 2.63 bits per heavy atom. The number of aryl methyl sites for hydroxylation is 1. The topological polar surface area (TPSA) is 44.1 Å². The fourth-order valence-electron chi connectivity index (χ4n) is 1.94. The number of nitrogens with zero attached hydrogens (tertiary/aromatic N) is 2. The van der Waals surface area contributed by atoms with Crippen LogP contribution in [0.1, 0.15) is 36.5 Å². The lowest BCUT2D eigenvalue weighted by Gasteiger charge is -2.06. The lowest BCUT2D eigenvalue weighted by molar-refractivity contribution is 0.102. The summed E-state index contributed by atoms with van der Waals surface area (Å²) in [5.41, 5.74) is 0.631. The van der Waals surface area contributed by atoms with Gasteiger partial charge < -0.3 is 9.30 Å². The molecule has 1 aromatic carbocycles. The van der Waals surface area contributed by atoms with Crippen LogP contribution in [0.15, 0.2) is 36.7 Å². The summed E-state index contributed by atoms with van der Waals surface area (Å²) < 4.78 is 7.25. The first-order valence-corrected chi connectivity index (χ1v) is 6.55. The molecule has 0 aliphatic carbocycles. The fourth-order valence-corrected chi connectivity index (χ4v) is 1.94. The summed E-state index contributed by atoms with van der Waals surface area (Å²) in [6, 6.07) is 7.17. The summed E-state index contributed by atoms with van der Waals surface area (Å²) in [5, 5.41) is 0. The highest BCUT2D eigenvalue weighted by Crippen LogP contribution is 2.15. The normalized spacial score (nSPS) is 10.4. The molecule has 0 bridgehead atoms. The number of carbonyl (C=O) groups is 1. The Labute approximate surface area is 113 Å². The van der Waals surface area contributed by atoms with E-state index in [0.29, 0.717) is 18.0 Å². The molecule has 2 aromatic rings. The molecule has 0 saturated carbocycles. The second-order valence-corrected chi connectivity index (χ2v) is 4.23. The average molecular weight is 258 g/mol. The number of carbonyl (C=O) groups excluding carboxylic acids is 1. The van der Waals surface area contributed by atoms with Crippen LogP contribution in [0.2, 0.25) is 0 Å². The summed E-state index contributed by atoms with van der Waals surface area (Å²) in [4.78, 5) is 16.5. The van der Waals surface area contributed by atoms with Crippen molar-refractivity contribution in [3.8, 4) is 5.75 Å². The van der Waals surface area contributed by atoms with Crippen LogP contribution < -0.4 is 4.74 Å². The van der Waals surface area contributed by atoms with Crippen molar-refractivity contribution in [1.82, 2.24) is 9.55 Å². The molecule has 0 fully saturated rings. The van der Waals surface area contributed by atoms with Crippen LogP contribution in [-0.4, -0.2) is 21.9 Å². The van der Waals surface area contributed by atoms with Crippen molar-refractivity contribution in [2.45, 2.75) is 26.8 Å². The molecule has 0 amide bonds. The summed E-state index contributed by atoms with van der Waals surface area (Å²) in [6.07, 6.45) is 4.47. The first-order valence-electron chi connectivity index (χ1n) is 6.55. The van der Waals surface area contributed by atoms with Crippen LogP contribution in [0.25, 0.3) is 0 Å². The second kappa shape index (κ2) is 6.18. The molecule has 0 aliphatic heterocycles. The van der Waals surface area contributed by atoms with Gasteiger partial charge >= 0.3 is 0 Å². The van der Waals surface area contributed by atoms with E-state index >= 15 is 0 Å². The van der Waals surface area contributed by atoms with Crippen molar-refractivity contribution in [3.63, 3.8) is 0 Å². The highest BCUT2D eigenvalue weighted by molar-refractivity contribution is 6.06. The van der Waals surface area contributed by atoms with Gasteiger partial charge in [-0.05, 0) is 37.6 Å². The Morgan fingerprint density at radius 2 is 2.00 bits per heavy atom. The van der Waals surface area contributed by atoms with E-state index in [4.69, 9.17) is 4.74 Å². The number of rotatable bonds is 6. The molecule has 2 rings (SSSR count). The molecular weight excluding hydrogens is 240 g/mol. The van der Waals surface area contributed by atoms with Crippen molar-refractivity contribution >= 4 is 5.78 Å². The van der Waals surface area contributed by atoms with Gasteiger partial charge in [-0.2, -0.15) is 0 Å². The van der Waals surface area contributed by atoms with Gasteiger partial charge in [-0.3, -0.25) is 4.79 Å². The van der Waals surface area contributed by atoms with Gasteiger partial charge in [-0.25, -0.2) is 4.98 Å². The minimum absolute atomic E-state index is 0.0542. The molecule has 0 radical (unpaired) electrons. The zero-order valence-electron chi connectivity index (χ0n) is 11.3. The van der Waals surface area contributed by atoms with Crippen LogP contribution in [0.3, 0.4) is 0 Å². The number of aromatic nitrogens is 2. The van der Waals surface area contributed by atoms with Gasteiger partial charge in [0.25, 0.3) is 0 Å². The molecule has 0 N–H and O–H groups in total. The van der Waals surface area contributed by atoms with Crippen molar-refractivity contribution in [2.75, 3.05) is 6.61 Å². The van der Waals surface area contributed by atoms with E-state index in [1.807, 2.05) is 29.8 Å². The molecule has 100 valence electrons. The van der Waals surface area contributed by atoms with Crippen LogP contribution in [0.5, 0.6) is 5.75 Å². The molecule has 1 aromatic heterocycles. The van der Waals surface area contributed by atoms with E-state index in [0.717, 1.165) is 18.7 Å². The number of hydrogen-bond acceptors (Lipinski definition) is 3. The number of imidazole rings is 1. The zero-order chi connectivity index (χ0) is 13.7. The first-order chi connectivity index (χ1) is 9.26. The summed E-state index contributed by atoms with van der Waals surface area (Å²) >= 11 is 0. The maximum Gasteiger partial charge on any atom is 0.228 e. The van der Waals surface area contributed by atoms with E-state index in [2.05, 4.69) is 11.9 Å². The largest absolute Gasteiger partial charge is 0.494 e. The molecule has 0 saturated heterocycles. The Bertz CT molecular complexity index is 544. The fraction of sp³-hybridized carbons (Fsp3) is 0.333. The number of ketones is 1. The third-order valence-electron chi connectivity index (χ3n) is 2.81. The summed E-state index contributed by atoms with van der Waals surface area (Å²) in [7, 11) is 0. The van der Waals surface area contributed by atoms with Gasteiger partial charge in [0.1, 0.15) is 5.75 Å². The van der Waals surface area contributed by atoms with Crippen molar-refractivity contribution in [1.29, 1.82) is 0 Å². The van der Waals surface area contributed by atoms with Crippen LogP contribution in [0.4, 0.5) is 0 Å². The Kier molecular flexibility index (Phi) is 4.34. The van der Waals surface area contributed by atoms with Gasteiger partial charge in [0.2, 0.25) is 5.78 Å². The lowest BCUT2D eigenvalue weighted by Crippen LogP contribution is -2.11. The predicted molar refractivity (Wildman–Crippen MR) is 73.6 cm³/mol. The van der Waals surface area contributed by atoms with E-state index in [1.54, 1.807) is 18.3 Å². The smallest absolute Gasteiger partial charge is 0.228 e. The highest BCUT2D eigenvalue weighted by atomic mass is 16.5. The number of benzene rings is 1. The van der Waals surface area contributed by atoms with Gasteiger partial charge in [0, 0.05) is 24.5 Å². The third-order valence-corrected chi connectivity index (χ3v) is 2.81. The van der Waals surface area contributed by atoms with Crippen LogP contribution >= 0.6 is 0 Å². The van der Waals surface area contributed by atoms with E-state index in [9.17, 15) is 4.79 Å². The predicted octanol–water partition coefficient (Wildman–Crippen LogP) is 2.92. The van der Waals surface area contributed by atoms with Crippen molar-refractivity contribution in [3.05, 3.63) is 48.0 Å². The van der Waals surface area contributed by atoms with E-state index in [1.165, 1.54) is 0 Å².